The van der Waals surface area contributed by atoms with Gasteiger partial charge in [0.15, 0.2) is 0 Å². The zero-order valence-electron chi connectivity index (χ0n) is 20.7. The Morgan fingerprint density at radius 1 is 0.452 bits per heavy atom. The topological polar surface area (TPSA) is 24.7 Å². The maximum Gasteiger partial charge on any atom is 0.0898 e. The van der Waals surface area contributed by atoms with E-state index in [0.717, 1.165) is 35.5 Å². The molecule has 31 heavy (non-hydrogen) atoms. The van der Waals surface area contributed by atoms with Crippen LogP contribution in [0.1, 0.15) is 129 Å². The van der Waals surface area contributed by atoms with Crippen molar-refractivity contribution in [3.05, 3.63) is 0 Å². The Balaban J connectivity index is 1.10. The third-order valence-electron chi connectivity index (χ3n) is 9.72. The minimum absolute atomic E-state index is 0.511. The van der Waals surface area contributed by atoms with E-state index in [9.17, 15) is 0 Å². The molecule has 176 valence electrons. The van der Waals surface area contributed by atoms with Gasteiger partial charge in [0, 0.05) is 0 Å². The lowest BCUT2D eigenvalue weighted by Crippen LogP contribution is -2.22. The van der Waals surface area contributed by atoms with Crippen molar-refractivity contribution in [1.82, 2.24) is 0 Å². The molecule has 0 unspecified atom stereocenters. The van der Waals surface area contributed by atoms with E-state index in [1.807, 2.05) is 0 Å². The summed E-state index contributed by atoms with van der Waals surface area (Å²) in [5, 5.41) is 0. The summed E-state index contributed by atoms with van der Waals surface area (Å²) in [4.78, 5) is 9.54. The van der Waals surface area contributed by atoms with Crippen molar-refractivity contribution in [3.63, 3.8) is 0 Å². The van der Waals surface area contributed by atoms with Crippen LogP contribution in [-0.4, -0.2) is 18.1 Å². The molecule has 0 spiro atoms. The first-order valence-electron chi connectivity index (χ1n) is 14.3. The minimum Gasteiger partial charge on any atom is -0.222 e. The molecule has 4 rings (SSSR count). The molecule has 0 aliphatic heterocycles. The van der Waals surface area contributed by atoms with Crippen LogP contribution in [0.25, 0.3) is 0 Å². The fraction of sp³-hybridized carbons (Fsp3) is 0.966. The lowest BCUT2D eigenvalue weighted by atomic mass is 9.75. The molecular weight excluding hydrogens is 376 g/mol. The molecule has 2 nitrogen and oxygen atoms in total. The molecule has 4 aliphatic carbocycles. The number of aliphatic imine (C=N–C) groups is 2. The van der Waals surface area contributed by atoms with Crippen LogP contribution in [0.3, 0.4) is 0 Å². The van der Waals surface area contributed by atoms with Crippen LogP contribution in [0.15, 0.2) is 9.98 Å². The molecule has 0 N–H and O–H groups in total. The van der Waals surface area contributed by atoms with Crippen LogP contribution in [-0.2, 0) is 0 Å². The van der Waals surface area contributed by atoms with E-state index >= 15 is 0 Å². The number of hydrogen-bond donors (Lipinski definition) is 0. The average molecular weight is 427 g/mol. The third-order valence-corrected chi connectivity index (χ3v) is 9.72. The average Bonchev–Trinajstić information content (AvgIpc) is 2.79. The van der Waals surface area contributed by atoms with E-state index in [2.05, 4.69) is 19.9 Å². The van der Waals surface area contributed by atoms with Gasteiger partial charge in [0.2, 0.25) is 0 Å². The van der Waals surface area contributed by atoms with Crippen LogP contribution in [0.2, 0.25) is 0 Å². The Hall–Kier alpha value is -0.620. The van der Waals surface area contributed by atoms with Crippen molar-refractivity contribution in [3.8, 4) is 0 Å². The molecule has 0 bridgehead atoms. The van der Waals surface area contributed by atoms with E-state index in [-0.39, 0.29) is 0 Å². The zero-order chi connectivity index (χ0) is 21.5. The van der Waals surface area contributed by atoms with Crippen LogP contribution < -0.4 is 0 Å². The van der Waals surface area contributed by atoms with E-state index in [4.69, 9.17) is 9.98 Å². The second kappa shape index (κ2) is 12.0. The van der Waals surface area contributed by atoms with Gasteiger partial charge in [-0.15, -0.1) is 0 Å². The predicted octanol–water partition coefficient (Wildman–Crippen LogP) is 8.71. The summed E-state index contributed by atoms with van der Waals surface area (Å²) in [5.74, 6) is 5.97. The maximum absolute atomic E-state index is 4.77. The number of hydrogen-bond acceptors (Lipinski definition) is 2. The second-order valence-electron chi connectivity index (χ2n) is 12.4. The fourth-order valence-corrected chi connectivity index (χ4v) is 7.29. The molecule has 0 amide bonds. The van der Waals surface area contributed by atoms with Gasteiger partial charge >= 0.3 is 0 Å². The smallest absolute Gasteiger partial charge is 0.0898 e. The van der Waals surface area contributed by atoms with Gasteiger partial charge in [0.25, 0.3) is 0 Å². The highest BCUT2D eigenvalue weighted by molar-refractivity contribution is 5.42. The van der Waals surface area contributed by atoms with E-state index < -0.39 is 0 Å². The lowest BCUT2D eigenvalue weighted by molar-refractivity contribution is 0.211. The largest absolute Gasteiger partial charge is 0.222 e. The first-order valence-corrected chi connectivity index (χ1v) is 14.3. The van der Waals surface area contributed by atoms with Gasteiger partial charge in [-0.05, 0) is 99.7 Å². The van der Waals surface area contributed by atoms with Crippen molar-refractivity contribution in [1.29, 1.82) is 0 Å². The molecule has 0 radical (unpaired) electrons. The molecule has 4 saturated carbocycles. The molecule has 0 aromatic rings. The van der Waals surface area contributed by atoms with Gasteiger partial charge in [0.05, 0.1) is 18.1 Å². The maximum atomic E-state index is 4.77. The Bertz CT molecular complexity index is 512. The van der Waals surface area contributed by atoms with Crippen molar-refractivity contribution in [2.45, 2.75) is 142 Å². The first kappa shape index (κ1) is 23.5. The van der Waals surface area contributed by atoms with E-state index in [0.29, 0.717) is 12.1 Å². The van der Waals surface area contributed by atoms with E-state index in [1.165, 1.54) is 116 Å². The van der Waals surface area contributed by atoms with Gasteiger partial charge in [-0.2, -0.15) is 0 Å². The highest BCUT2D eigenvalue weighted by atomic mass is 14.9. The Kier molecular flexibility index (Phi) is 9.12. The van der Waals surface area contributed by atoms with Crippen molar-refractivity contribution < 1.29 is 0 Å². The second-order valence-corrected chi connectivity index (χ2v) is 12.4. The highest BCUT2D eigenvalue weighted by Gasteiger charge is 2.27. The van der Waals surface area contributed by atoms with E-state index in [1.54, 1.807) is 0 Å². The van der Waals surface area contributed by atoms with Crippen molar-refractivity contribution in [2.75, 3.05) is 0 Å². The summed E-state index contributed by atoms with van der Waals surface area (Å²) >= 11 is 0. The zero-order valence-corrected chi connectivity index (χ0v) is 20.7. The first-order chi connectivity index (χ1) is 15.1. The number of rotatable bonds is 6. The predicted molar refractivity (Wildman–Crippen MR) is 133 cm³/mol. The van der Waals surface area contributed by atoms with Gasteiger partial charge in [-0.1, -0.05) is 65.2 Å². The Labute approximate surface area is 193 Å². The monoisotopic (exact) mass is 426 g/mol. The van der Waals surface area contributed by atoms with Gasteiger partial charge in [0.1, 0.15) is 0 Å². The molecule has 4 fully saturated rings. The summed E-state index contributed by atoms with van der Waals surface area (Å²) in [6, 6.07) is 4.20. The molecule has 0 saturated heterocycles. The summed E-state index contributed by atoms with van der Waals surface area (Å²) in [7, 11) is 0. The summed E-state index contributed by atoms with van der Waals surface area (Å²) < 4.78 is 0. The van der Waals surface area contributed by atoms with Crippen LogP contribution in [0, 0.1) is 35.5 Å². The standard InChI is InChI=1S/C29H50N2/c1-22-3-7-24(8-4-22)19-26-11-15-28(16-12-26)30-21-31-29-17-13-27(14-18-29)20-25-9-5-23(2)6-10-25/h22-29H,3-20H2,1-2H3. The third kappa shape index (κ3) is 7.73. The van der Waals surface area contributed by atoms with Crippen molar-refractivity contribution >= 4 is 6.01 Å². The van der Waals surface area contributed by atoms with Gasteiger partial charge in [-0.25, -0.2) is 9.98 Å². The quantitative estimate of drug-likeness (QED) is 0.379. The molecule has 2 heteroatoms. The molecule has 0 aromatic carbocycles. The molecular formula is C29H50N2. The van der Waals surface area contributed by atoms with Gasteiger partial charge < -0.3 is 0 Å². The highest BCUT2D eigenvalue weighted by Crippen LogP contribution is 2.38. The minimum atomic E-state index is 0.511. The Morgan fingerprint density at radius 2 is 0.742 bits per heavy atom. The SMILES string of the molecule is CC1CCC(CC2CCC(N=C=NC3CCC(CC4CCC(C)CC4)CC3)CC2)CC1. The Morgan fingerprint density at radius 3 is 1.06 bits per heavy atom. The molecule has 0 heterocycles. The van der Waals surface area contributed by atoms with Gasteiger partial charge in [-0.3, -0.25) is 0 Å². The fourth-order valence-electron chi connectivity index (χ4n) is 7.29. The van der Waals surface area contributed by atoms with Crippen molar-refractivity contribution in [2.24, 2.45) is 45.5 Å². The molecule has 4 aliphatic rings. The molecule has 0 aromatic heterocycles. The van der Waals surface area contributed by atoms with Crippen LogP contribution in [0.5, 0.6) is 0 Å². The molecule has 0 atom stereocenters. The normalized spacial score (nSPS) is 41.9. The summed E-state index contributed by atoms with van der Waals surface area (Å²) in [6.45, 7) is 4.87. The number of nitrogens with zero attached hydrogens (tertiary/aromatic N) is 2. The summed E-state index contributed by atoms with van der Waals surface area (Å²) in [6.07, 6.45) is 25.6. The lowest BCUT2D eigenvalue weighted by Gasteiger charge is -2.32. The summed E-state index contributed by atoms with van der Waals surface area (Å²) in [5.41, 5.74) is 0. The van der Waals surface area contributed by atoms with Crippen LogP contribution >= 0.6 is 0 Å². The van der Waals surface area contributed by atoms with Crippen LogP contribution in [0.4, 0.5) is 0 Å².